The SMILES string of the molecule is Cc1nc(-c2ccc(CNC(=O)[C@H]3CCOC3)cc2)no1. The number of nitrogens with one attached hydrogen (secondary N) is 1. The number of hydrogen-bond donors (Lipinski definition) is 1. The minimum absolute atomic E-state index is 0.00780. The molecule has 0 spiro atoms. The van der Waals surface area contributed by atoms with Crippen LogP contribution in [0.5, 0.6) is 0 Å². The molecule has 21 heavy (non-hydrogen) atoms. The molecule has 110 valence electrons. The van der Waals surface area contributed by atoms with E-state index in [1.807, 2.05) is 24.3 Å². The van der Waals surface area contributed by atoms with E-state index in [2.05, 4.69) is 15.5 Å². The fourth-order valence-corrected chi connectivity index (χ4v) is 2.26. The van der Waals surface area contributed by atoms with Crippen LogP contribution in [0.4, 0.5) is 0 Å². The van der Waals surface area contributed by atoms with Gasteiger partial charge in [0.15, 0.2) is 0 Å². The first kappa shape index (κ1) is 13.8. The van der Waals surface area contributed by atoms with Gasteiger partial charge in [-0.1, -0.05) is 29.4 Å². The lowest BCUT2D eigenvalue weighted by molar-refractivity contribution is -0.125. The number of carbonyl (C=O) groups is 1. The van der Waals surface area contributed by atoms with Crippen molar-refractivity contribution in [2.75, 3.05) is 13.2 Å². The normalized spacial score (nSPS) is 17.9. The first-order valence-electron chi connectivity index (χ1n) is 6.97. The average molecular weight is 287 g/mol. The summed E-state index contributed by atoms with van der Waals surface area (Å²) in [5, 5.41) is 6.81. The van der Waals surface area contributed by atoms with Crippen molar-refractivity contribution >= 4 is 5.91 Å². The van der Waals surface area contributed by atoms with Crippen LogP contribution < -0.4 is 5.32 Å². The summed E-state index contributed by atoms with van der Waals surface area (Å²) >= 11 is 0. The summed E-state index contributed by atoms with van der Waals surface area (Å²) in [6.45, 7) is 3.48. The highest BCUT2D eigenvalue weighted by Crippen LogP contribution is 2.17. The monoisotopic (exact) mass is 287 g/mol. The average Bonchev–Trinajstić information content (AvgIpc) is 3.17. The van der Waals surface area contributed by atoms with Crippen molar-refractivity contribution in [3.05, 3.63) is 35.7 Å². The minimum atomic E-state index is -0.00780. The van der Waals surface area contributed by atoms with E-state index in [1.165, 1.54) is 0 Å². The molecule has 0 radical (unpaired) electrons. The van der Waals surface area contributed by atoms with Gasteiger partial charge in [0.1, 0.15) is 0 Å². The number of hydrogen-bond acceptors (Lipinski definition) is 5. The second-order valence-electron chi connectivity index (χ2n) is 5.11. The molecule has 2 aromatic rings. The van der Waals surface area contributed by atoms with Gasteiger partial charge in [0, 0.05) is 25.6 Å². The van der Waals surface area contributed by atoms with Crippen LogP contribution in [0, 0.1) is 12.8 Å². The number of aryl methyl sites for hydroxylation is 1. The number of carbonyl (C=O) groups excluding carboxylic acids is 1. The third-order valence-electron chi connectivity index (χ3n) is 3.51. The molecular formula is C15H17N3O3. The number of rotatable bonds is 4. The van der Waals surface area contributed by atoms with Crippen LogP contribution in [0.1, 0.15) is 17.9 Å². The Morgan fingerprint density at radius 3 is 2.81 bits per heavy atom. The third kappa shape index (κ3) is 3.28. The molecule has 1 N–H and O–H groups in total. The quantitative estimate of drug-likeness (QED) is 0.926. The lowest BCUT2D eigenvalue weighted by atomic mass is 10.1. The summed E-state index contributed by atoms with van der Waals surface area (Å²) in [5.41, 5.74) is 1.93. The van der Waals surface area contributed by atoms with Crippen LogP contribution in [-0.2, 0) is 16.1 Å². The van der Waals surface area contributed by atoms with Crippen molar-refractivity contribution < 1.29 is 14.1 Å². The van der Waals surface area contributed by atoms with Crippen molar-refractivity contribution in [3.63, 3.8) is 0 Å². The maximum atomic E-state index is 11.9. The predicted octanol–water partition coefficient (Wildman–Crippen LogP) is 1.70. The van der Waals surface area contributed by atoms with Crippen LogP contribution in [0.2, 0.25) is 0 Å². The topological polar surface area (TPSA) is 77.2 Å². The molecule has 1 aliphatic heterocycles. The standard InChI is InChI=1S/C15H17N3O3/c1-10-17-14(18-21-10)12-4-2-11(3-5-12)8-16-15(19)13-6-7-20-9-13/h2-5,13H,6-9H2,1H3,(H,16,19)/t13-/m0/s1. The fourth-order valence-electron chi connectivity index (χ4n) is 2.26. The lowest BCUT2D eigenvalue weighted by Gasteiger charge is -2.09. The molecule has 6 nitrogen and oxygen atoms in total. The van der Waals surface area contributed by atoms with Crippen molar-refractivity contribution in [1.82, 2.24) is 15.5 Å². The zero-order valence-corrected chi connectivity index (χ0v) is 11.8. The van der Waals surface area contributed by atoms with E-state index >= 15 is 0 Å². The molecule has 0 unspecified atom stereocenters. The minimum Gasteiger partial charge on any atom is -0.381 e. The van der Waals surface area contributed by atoms with E-state index < -0.39 is 0 Å². The Kier molecular flexibility index (Phi) is 3.96. The lowest BCUT2D eigenvalue weighted by Crippen LogP contribution is -2.30. The Morgan fingerprint density at radius 1 is 1.38 bits per heavy atom. The molecular weight excluding hydrogens is 270 g/mol. The van der Waals surface area contributed by atoms with Crippen LogP contribution in [-0.4, -0.2) is 29.3 Å². The Morgan fingerprint density at radius 2 is 2.19 bits per heavy atom. The Bertz CT molecular complexity index is 615. The predicted molar refractivity (Wildman–Crippen MR) is 75.2 cm³/mol. The molecule has 0 bridgehead atoms. The number of aromatic nitrogens is 2. The van der Waals surface area contributed by atoms with Crippen LogP contribution in [0.3, 0.4) is 0 Å². The Labute approximate surface area is 122 Å². The van der Waals surface area contributed by atoms with Gasteiger partial charge in [-0.05, 0) is 12.0 Å². The molecule has 0 saturated carbocycles. The van der Waals surface area contributed by atoms with E-state index in [9.17, 15) is 4.79 Å². The van der Waals surface area contributed by atoms with E-state index in [1.54, 1.807) is 6.92 Å². The van der Waals surface area contributed by atoms with Gasteiger partial charge >= 0.3 is 0 Å². The second kappa shape index (κ2) is 6.05. The molecule has 1 fully saturated rings. The fraction of sp³-hybridized carbons (Fsp3) is 0.400. The molecule has 1 atom stereocenters. The van der Waals surface area contributed by atoms with Gasteiger partial charge in [-0.25, -0.2) is 0 Å². The second-order valence-corrected chi connectivity index (χ2v) is 5.11. The van der Waals surface area contributed by atoms with Crippen molar-refractivity contribution in [2.45, 2.75) is 19.9 Å². The summed E-state index contributed by atoms with van der Waals surface area (Å²) in [5.74, 6) is 1.17. The zero-order chi connectivity index (χ0) is 14.7. The third-order valence-corrected chi connectivity index (χ3v) is 3.51. The summed E-state index contributed by atoms with van der Waals surface area (Å²) < 4.78 is 10.2. The molecule has 3 rings (SSSR count). The van der Waals surface area contributed by atoms with Gasteiger partial charge in [0.05, 0.1) is 12.5 Å². The number of ether oxygens (including phenoxy) is 1. The van der Waals surface area contributed by atoms with Crippen LogP contribution in [0.25, 0.3) is 11.4 Å². The summed E-state index contributed by atoms with van der Waals surface area (Å²) in [6.07, 6.45) is 0.807. The van der Waals surface area contributed by atoms with E-state index in [-0.39, 0.29) is 11.8 Å². The Hall–Kier alpha value is -2.21. The zero-order valence-electron chi connectivity index (χ0n) is 11.8. The largest absolute Gasteiger partial charge is 0.381 e. The highest BCUT2D eigenvalue weighted by Gasteiger charge is 2.22. The number of amides is 1. The van der Waals surface area contributed by atoms with Crippen LogP contribution >= 0.6 is 0 Å². The number of benzene rings is 1. The summed E-state index contributed by atoms with van der Waals surface area (Å²) in [4.78, 5) is 16.1. The van der Waals surface area contributed by atoms with Gasteiger partial charge in [-0.15, -0.1) is 0 Å². The van der Waals surface area contributed by atoms with E-state index in [0.717, 1.165) is 17.5 Å². The highest BCUT2D eigenvalue weighted by atomic mass is 16.5. The number of nitrogens with zero attached hydrogens (tertiary/aromatic N) is 2. The summed E-state index contributed by atoms with van der Waals surface area (Å²) in [6, 6.07) is 7.74. The van der Waals surface area contributed by atoms with E-state index in [4.69, 9.17) is 9.26 Å². The van der Waals surface area contributed by atoms with Crippen molar-refractivity contribution in [1.29, 1.82) is 0 Å². The Balaban J connectivity index is 1.58. The summed E-state index contributed by atoms with van der Waals surface area (Å²) in [7, 11) is 0. The van der Waals surface area contributed by atoms with Gasteiger partial charge in [0.25, 0.3) is 0 Å². The molecule has 1 aliphatic rings. The van der Waals surface area contributed by atoms with Crippen LogP contribution in [0.15, 0.2) is 28.8 Å². The van der Waals surface area contributed by atoms with Crippen molar-refractivity contribution in [3.8, 4) is 11.4 Å². The molecule has 1 amide bonds. The highest BCUT2D eigenvalue weighted by molar-refractivity contribution is 5.79. The first-order chi connectivity index (χ1) is 10.2. The molecule has 0 aliphatic carbocycles. The maximum Gasteiger partial charge on any atom is 0.225 e. The van der Waals surface area contributed by atoms with Gasteiger partial charge in [-0.3, -0.25) is 4.79 Å². The molecule has 1 aromatic carbocycles. The van der Waals surface area contributed by atoms with Gasteiger partial charge in [-0.2, -0.15) is 4.98 Å². The van der Waals surface area contributed by atoms with E-state index in [0.29, 0.717) is 31.5 Å². The first-order valence-corrected chi connectivity index (χ1v) is 6.97. The molecule has 1 aromatic heterocycles. The molecule has 6 heteroatoms. The van der Waals surface area contributed by atoms with Crippen molar-refractivity contribution in [2.24, 2.45) is 5.92 Å². The van der Waals surface area contributed by atoms with Gasteiger partial charge < -0.3 is 14.6 Å². The van der Waals surface area contributed by atoms with Gasteiger partial charge in [0.2, 0.25) is 17.6 Å². The smallest absolute Gasteiger partial charge is 0.225 e. The molecule has 2 heterocycles. The maximum absolute atomic E-state index is 11.9. The molecule has 1 saturated heterocycles.